The van der Waals surface area contributed by atoms with Crippen molar-refractivity contribution in [2.75, 3.05) is 17.1 Å². The van der Waals surface area contributed by atoms with Gasteiger partial charge >= 0.3 is 6.18 Å². The van der Waals surface area contributed by atoms with Crippen LogP contribution < -0.4 is 9.62 Å². The van der Waals surface area contributed by atoms with Crippen molar-refractivity contribution < 1.29 is 31.2 Å². The third-order valence-electron chi connectivity index (χ3n) is 6.98. The maximum atomic E-state index is 13.9. The van der Waals surface area contributed by atoms with Crippen LogP contribution in [0.3, 0.4) is 0 Å². The standard InChI is InChI=1S/C33H40F3N3O4S/c1-24-13-9-10-16-26(24)23-38(29(31(41)37-32(2,3)4)21-25-14-7-6-8-15-25)30(40)19-12-20-39(44(5,42)43)28-18-11-17-27(22-28)33(34,35)36/h6-11,13-18,22,29H,12,19-21,23H2,1-5H3,(H,37,41)/t29-/m0/s1. The molecule has 3 aromatic rings. The number of halogens is 3. The Morgan fingerprint density at radius 3 is 2.14 bits per heavy atom. The SMILES string of the molecule is Cc1ccccc1CN(C(=O)CCCN(c1cccc(C(F)(F)F)c1)S(C)(=O)=O)[C@@H](Cc1ccccc1)C(=O)NC(C)(C)C. The van der Waals surface area contributed by atoms with Crippen molar-refractivity contribution in [2.24, 2.45) is 0 Å². The van der Waals surface area contributed by atoms with Gasteiger partial charge in [-0.15, -0.1) is 0 Å². The van der Waals surface area contributed by atoms with E-state index in [4.69, 9.17) is 0 Å². The summed E-state index contributed by atoms with van der Waals surface area (Å²) < 4.78 is 66.1. The zero-order valence-electron chi connectivity index (χ0n) is 25.7. The first-order chi connectivity index (χ1) is 20.5. The van der Waals surface area contributed by atoms with Crippen LogP contribution in [-0.4, -0.2) is 49.5 Å². The molecule has 0 heterocycles. The molecule has 1 N–H and O–H groups in total. The van der Waals surface area contributed by atoms with Gasteiger partial charge in [-0.2, -0.15) is 13.2 Å². The minimum absolute atomic E-state index is 0.0192. The van der Waals surface area contributed by atoms with E-state index in [9.17, 15) is 31.2 Å². The van der Waals surface area contributed by atoms with Crippen molar-refractivity contribution in [2.45, 2.75) is 71.3 Å². The maximum Gasteiger partial charge on any atom is 0.416 e. The lowest BCUT2D eigenvalue weighted by molar-refractivity contribution is -0.142. The molecule has 0 fully saturated rings. The first-order valence-corrected chi connectivity index (χ1v) is 16.2. The summed E-state index contributed by atoms with van der Waals surface area (Å²) in [5.41, 5.74) is 0.967. The van der Waals surface area contributed by atoms with Gasteiger partial charge < -0.3 is 10.2 Å². The number of sulfonamides is 1. The number of alkyl halides is 3. The highest BCUT2D eigenvalue weighted by Gasteiger charge is 2.33. The highest BCUT2D eigenvalue weighted by molar-refractivity contribution is 7.92. The number of nitrogens with zero attached hydrogens (tertiary/aromatic N) is 2. The van der Waals surface area contributed by atoms with Crippen molar-refractivity contribution in [3.8, 4) is 0 Å². The minimum Gasteiger partial charge on any atom is -0.350 e. The van der Waals surface area contributed by atoms with Crippen molar-refractivity contribution >= 4 is 27.5 Å². The number of aryl methyl sites for hydroxylation is 1. The molecule has 0 unspecified atom stereocenters. The number of hydrogen-bond donors (Lipinski definition) is 1. The summed E-state index contributed by atoms with van der Waals surface area (Å²) in [5.74, 6) is -0.708. The van der Waals surface area contributed by atoms with Crippen molar-refractivity contribution in [3.05, 3.63) is 101 Å². The lowest BCUT2D eigenvalue weighted by Crippen LogP contribution is -2.54. The summed E-state index contributed by atoms with van der Waals surface area (Å²) in [6.45, 7) is 7.40. The minimum atomic E-state index is -4.65. The summed E-state index contributed by atoms with van der Waals surface area (Å²) >= 11 is 0. The highest BCUT2D eigenvalue weighted by Crippen LogP contribution is 2.32. The number of amides is 2. The molecule has 3 aromatic carbocycles. The van der Waals surface area contributed by atoms with Crippen LogP contribution in [0.4, 0.5) is 18.9 Å². The van der Waals surface area contributed by atoms with Gasteiger partial charge in [-0.1, -0.05) is 60.7 Å². The van der Waals surface area contributed by atoms with Crippen molar-refractivity contribution in [1.29, 1.82) is 0 Å². The molecule has 44 heavy (non-hydrogen) atoms. The van der Waals surface area contributed by atoms with E-state index in [1.54, 1.807) is 0 Å². The van der Waals surface area contributed by atoms with Crippen LogP contribution in [0.5, 0.6) is 0 Å². The zero-order chi connectivity index (χ0) is 32.7. The fourth-order valence-electron chi connectivity index (χ4n) is 4.82. The predicted octanol–water partition coefficient (Wildman–Crippen LogP) is 6.11. The second-order valence-electron chi connectivity index (χ2n) is 11.9. The van der Waals surface area contributed by atoms with Crippen LogP contribution in [-0.2, 0) is 38.8 Å². The molecule has 0 bridgehead atoms. The van der Waals surface area contributed by atoms with E-state index in [0.29, 0.717) is 0 Å². The van der Waals surface area contributed by atoms with Gasteiger partial charge in [0.05, 0.1) is 17.5 Å². The normalized spacial score (nSPS) is 12.8. The molecule has 0 radical (unpaired) electrons. The second-order valence-corrected chi connectivity index (χ2v) is 13.8. The Morgan fingerprint density at radius 1 is 0.909 bits per heavy atom. The van der Waals surface area contributed by atoms with Gasteiger partial charge in [0.25, 0.3) is 0 Å². The molecule has 0 aliphatic carbocycles. The summed E-state index contributed by atoms with van der Waals surface area (Å²) in [7, 11) is -3.97. The van der Waals surface area contributed by atoms with E-state index in [-0.39, 0.29) is 49.9 Å². The molecule has 2 amide bonds. The molecule has 0 aliphatic rings. The lowest BCUT2D eigenvalue weighted by atomic mass is 9.99. The molecule has 238 valence electrons. The Labute approximate surface area is 258 Å². The van der Waals surface area contributed by atoms with Crippen LogP contribution in [0.25, 0.3) is 0 Å². The van der Waals surface area contributed by atoms with Crippen LogP contribution in [0, 0.1) is 6.92 Å². The number of nitrogens with one attached hydrogen (secondary N) is 1. The van der Waals surface area contributed by atoms with E-state index in [0.717, 1.165) is 45.5 Å². The largest absolute Gasteiger partial charge is 0.416 e. The number of rotatable bonds is 12. The van der Waals surface area contributed by atoms with Gasteiger partial charge in [-0.05, 0) is 69.0 Å². The van der Waals surface area contributed by atoms with Crippen LogP contribution in [0.2, 0.25) is 0 Å². The average molecular weight is 632 g/mol. The molecular formula is C33H40F3N3O4S. The molecule has 0 saturated carbocycles. The fourth-order valence-corrected chi connectivity index (χ4v) is 5.78. The van der Waals surface area contributed by atoms with E-state index < -0.39 is 33.3 Å². The van der Waals surface area contributed by atoms with E-state index in [1.807, 2.05) is 82.3 Å². The summed E-state index contributed by atoms with van der Waals surface area (Å²) in [6, 6.07) is 20.1. The van der Waals surface area contributed by atoms with Crippen molar-refractivity contribution in [3.63, 3.8) is 0 Å². The summed E-state index contributed by atoms with van der Waals surface area (Å²) in [6.07, 6.45) is -3.60. The molecule has 0 saturated heterocycles. The van der Waals surface area contributed by atoms with Gasteiger partial charge in [0.1, 0.15) is 6.04 Å². The van der Waals surface area contributed by atoms with Gasteiger partial charge in [0.2, 0.25) is 21.8 Å². The Kier molecular flexibility index (Phi) is 11.2. The maximum absolute atomic E-state index is 13.9. The molecule has 1 atom stereocenters. The number of anilines is 1. The number of hydrogen-bond acceptors (Lipinski definition) is 4. The zero-order valence-corrected chi connectivity index (χ0v) is 26.5. The molecule has 0 aromatic heterocycles. The van der Waals surface area contributed by atoms with Gasteiger partial charge in [0.15, 0.2) is 0 Å². The van der Waals surface area contributed by atoms with Crippen LogP contribution in [0.1, 0.15) is 55.9 Å². The van der Waals surface area contributed by atoms with E-state index >= 15 is 0 Å². The predicted molar refractivity (Wildman–Crippen MR) is 166 cm³/mol. The van der Waals surface area contributed by atoms with Crippen molar-refractivity contribution in [1.82, 2.24) is 10.2 Å². The molecule has 11 heteroatoms. The lowest BCUT2D eigenvalue weighted by Gasteiger charge is -2.34. The molecular weight excluding hydrogens is 591 g/mol. The van der Waals surface area contributed by atoms with Gasteiger partial charge in [-0.25, -0.2) is 8.42 Å². The van der Waals surface area contributed by atoms with E-state index in [2.05, 4.69) is 5.32 Å². The molecule has 0 aliphatic heterocycles. The Morgan fingerprint density at radius 2 is 1.55 bits per heavy atom. The van der Waals surface area contributed by atoms with Gasteiger partial charge in [0, 0.05) is 31.5 Å². The van der Waals surface area contributed by atoms with Gasteiger partial charge in [-0.3, -0.25) is 13.9 Å². The van der Waals surface area contributed by atoms with Crippen LogP contribution in [0.15, 0.2) is 78.9 Å². The molecule has 3 rings (SSSR count). The fraction of sp³-hybridized carbons (Fsp3) is 0.394. The second kappa shape index (κ2) is 14.3. The molecule has 0 spiro atoms. The quantitative estimate of drug-likeness (QED) is 0.261. The number of benzene rings is 3. The number of carbonyl (C=O) groups excluding carboxylic acids is 2. The van der Waals surface area contributed by atoms with Crippen LogP contribution >= 0.6 is 0 Å². The monoisotopic (exact) mass is 631 g/mol. The Bertz CT molecular complexity index is 1540. The third-order valence-corrected chi connectivity index (χ3v) is 8.18. The topological polar surface area (TPSA) is 86.8 Å². The smallest absolute Gasteiger partial charge is 0.350 e. The average Bonchev–Trinajstić information content (AvgIpc) is 2.92. The summed E-state index contributed by atoms with van der Waals surface area (Å²) in [5, 5.41) is 3.00. The highest BCUT2D eigenvalue weighted by atomic mass is 32.2. The molecule has 7 nitrogen and oxygen atoms in total. The first-order valence-electron chi connectivity index (χ1n) is 14.3. The van der Waals surface area contributed by atoms with E-state index in [1.165, 1.54) is 11.0 Å². The summed E-state index contributed by atoms with van der Waals surface area (Å²) in [4.78, 5) is 29.2. The Balaban J connectivity index is 1.93. The number of carbonyl (C=O) groups is 2. The first kappa shape index (κ1) is 34.6. The Hall–Kier alpha value is -3.86. The third kappa shape index (κ3) is 10.1.